The van der Waals surface area contributed by atoms with E-state index >= 15 is 0 Å². The van der Waals surface area contributed by atoms with Gasteiger partial charge in [0.05, 0.1) is 11.1 Å². The number of aromatic nitrogens is 1. The van der Waals surface area contributed by atoms with Gasteiger partial charge in [-0.2, -0.15) is 5.26 Å². The van der Waals surface area contributed by atoms with E-state index < -0.39 is 0 Å². The first kappa shape index (κ1) is 9.68. The second kappa shape index (κ2) is 3.50. The fourth-order valence-corrected chi connectivity index (χ4v) is 2.73. The van der Waals surface area contributed by atoms with E-state index in [9.17, 15) is 5.26 Å². The first-order valence-corrected chi connectivity index (χ1v) is 5.99. The third-order valence-corrected chi connectivity index (χ3v) is 3.38. The van der Waals surface area contributed by atoms with Crippen molar-refractivity contribution in [3.63, 3.8) is 0 Å². The van der Waals surface area contributed by atoms with E-state index in [0.717, 1.165) is 33.8 Å². The lowest BCUT2D eigenvalue weighted by Gasteiger charge is -2.09. The maximum atomic E-state index is 9.17. The van der Waals surface area contributed by atoms with Crippen LogP contribution in [0.3, 0.4) is 0 Å². The summed E-state index contributed by atoms with van der Waals surface area (Å²) in [7, 11) is 0. The van der Waals surface area contributed by atoms with Gasteiger partial charge < -0.3 is 4.57 Å². The first-order chi connectivity index (χ1) is 7.79. The van der Waals surface area contributed by atoms with Gasteiger partial charge in [-0.05, 0) is 31.0 Å². The monoisotopic (exact) mass is 272 g/mol. The largest absolute Gasteiger partial charge is 0.319 e. The number of nitrogens with zero attached hydrogens (tertiary/aromatic N) is 2. The van der Waals surface area contributed by atoms with E-state index in [1.807, 2.05) is 6.07 Å². The summed E-state index contributed by atoms with van der Waals surface area (Å²) in [5.41, 5.74) is 3.03. The minimum absolute atomic E-state index is 0.724. The maximum absolute atomic E-state index is 9.17. The zero-order chi connectivity index (χ0) is 11.1. The molecular weight excluding hydrogens is 264 g/mol. The molecule has 0 saturated heterocycles. The van der Waals surface area contributed by atoms with Gasteiger partial charge in [-0.3, -0.25) is 0 Å². The summed E-state index contributed by atoms with van der Waals surface area (Å²) in [5.74, 6) is 0. The van der Waals surface area contributed by atoms with Crippen LogP contribution in [0.5, 0.6) is 0 Å². The summed E-state index contributed by atoms with van der Waals surface area (Å²) in [5, 5.41) is 10.3. The fraction of sp³-hybridized carbons (Fsp3) is 0.154. The SMILES string of the molecule is N#Cc1cc(Br)cc2cc3n(c12)C=CCC3. The van der Waals surface area contributed by atoms with Gasteiger partial charge >= 0.3 is 0 Å². The Bertz CT molecular complexity index is 644. The fourth-order valence-electron chi connectivity index (χ4n) is 2.25. The van der Waals surface area contributed by atoms with Crippen molar-refractivity contribution < 1.29 is 0 Å². The zero-order valence-electron chi connectivity index (χ0n) is 8.57. The molecule has 78 valence electrons. The molecule has 0 spiro atoms. The van der Waals surface area contributed by atoms with E-state index in [4.69, 9.17) is 0 Å². The van der Waals surface area contributed by atoms with Gasteiger partial charge in [0.15, 0.2) is 0 Å². The van der Waals surface area contributed by atoms with E-state index in [1.54, 1.807) is 0 Å². The van der Waals surface area contributed by atoms with Crippen molar-refractivity contribution in [1.29, 1.82) is 5.26 Å². The molecule has 16 heavy (non-hydrogen) atoms. The van der Waals surface area contributed by atoms with E-state index in [0.29, 0.717) is 0 Å². The molecule has 3 heteroatoms. The predicted molar refractivity (Wildman–Crippen MR) is 68.0 cm³/mol. The normalized spacial score (nSPS) is 13.8. The number of benzene rings is 1. The number of aryl methyl sites for hydroxylation is 1. The van der Waals surface area contributed by atoms with Gasteiger partial charge in [0, 0.05) is 21.8 Å². The first-order valence-electron chi connectivity index (χ1n) is 5.20. The second-order valence-corrected chi connectivity index (χ2v) is 4.85. The number of allylic oxidation sites excluding steroid dienone is 1. The molecule has 1 aromatic heterocycles. The molecule has 1 aromatic carbocycles. The van der Waals surface area contributed by atoms with Crippen LogP contribution in [0, 0.1) is 11.3 Å². The summed E-state index contributed by atoms with van der Waals surface area (Å²) in [6.45, 7) is 0. The van der Waals surface area contributed by atoms with Gasteiger partial charge in [-0.25, -0.2) is 0 Å². The Hall–Kier alpha value is -1.53. The predicted octanol–water partition coefficient (Wildman–Crippen LogP) is 3.69. The second-order valence-electron chi connectivity index (χ2n) is 3.93. The number of rotatable bonds is 0. The third kappa shape index (κ3) is 1.30. The Morgan fingerprint density at radius 2 is 2.19 bits per heavy atom. The molecule has 2 heterocycles. The van der Waals surface area contributed by atoms with Gasteiger partial charge in [0.25, 0.3) is 0 Å². The molecular formula is C13H9BrN2. The highest BCUT2D eigenvalue weighted by atomic mass is 79.9. The number of fused-ring (bicyclic) bond motifs is 3. The average Bonchev–Trinajstić information content (AvgIpc) is 2.65. The molecule has 0 bridgehead atoms. The summed E-state index contributed by atoms with van der Waals surface area (Å²) in [6.07, 6.45) is 6.35. The Morgan fingerprint density at radius 3 is 3.00 bits per heavy atom. The van der Waals surface area contributed by atoms with Crippen LogP contribution in [0.25, 0.3) is 17.1 Å². The van der Waals surface area contributed by atoms with Crippen LogP contribution in [0.1, 0.15) is 17.7 Å². The topological polar surface area (TPSA) is 28.7 Å². The Kier molecular flexibility index (Phi) is 2.12. The molecule has 0 aliphatic carbocycles. The van der Waals surface area contributed by atoms with Crippen molar-refractivity contribution in [2.75, 3.05) is 0 Å². The molecule has 3 rings (SSSR count). The molecule has 2 aromatic rings. The number of nitriles is 1. The van der Waals surface area contributed by atoms with E-state index in [-0.39, 0.29) is 0 Å². The van der Waals surface area contributed by atoms with Crippen molar-refractivity contribution in [3.05, 3.63) is 40.0 Å². The van der Waals surface area contributed by atoms with Gasteiger partial charge in [-0.1, -0.05) is 22.0 Å². The van der Waals surface area contributed by atoms with Crippen molar-refractivity contribution in [2.24, 2.45) is 0 Å². The minimum atomic E-state index is 0.724. The van der Waals surface area contributed by atoms with Crippen LogP contribution in [0.15, 0.2) is 28.7 Å². The summed E-state index contributed by atoms with van der Waals surface area (Å²) >= 11 is 3.44. The standard InChI is InChI=1S/C13H9BrN2/c14-11-5-9-7-12-3-1-2-4-16(12)13(9)10(6-11)8-15/h2,4-7H,1,3H2. The maximum Gasteiger partial charge on any atom is 0.101 e. The molecule has 0 N–H and O–H groups in total. The summed E-state index contributed by atoms with van der Waals surface area (Å²) in [6, 6.07) is 8.37. The zero-order valence-corrected chi connectivity index (χ0v) is 10.2. The molecule has 0 saturated carbocycles. The molecule has 0 atom stereocenters. The number of hydrogen-bond acceptors (Lipinski definition) is 1. The lowest BCUT2D eigenvalue weighted by molar-refractivity contribution is 0.890. The molecule has 0 fully saturated rings. The number of hydrogen-bond donors (Lipinski definition) is 0. The highest BCUT2D eigenvalue weighted by Crippen LogP contribution is 2.29. The van der Waals surface area contributed by atoms with Gasteiger partial charge in [0.1, 0.15) is 6.07 Å². The smallest absolute Gasteiger partial charge is 0.101 e. The molecule has 2 nitrogen and oxygen atoms in total. The average molecular weight is 273 g/mol. The van der Waals surface area contributed by atoms with Crippen molar-refractivity contribution in [1.82, 2.24) is 4.57 Å². The lowest BCUT2D eigenvalue weighted by atomic mass is 10.1. The molecule has 1 aliphatic heterocycles. The van der Waals surface area contributed by atoms with Crippen LogP contribution >= 0.6 is 15.9 Å². The number of halogens is 1. The van der Waals surface area contributed by atoms with E-state index in [1.165, 1.54) is 5.69 Å². The summed E-state index contributed by atoms with van der Waals surface area (Å²) in [4.78, 5) is 0. The van der Waals surface area contributed by atoms with Crippen LogP contribution in [-0.2, 0) is 6.42 Å². The highest BCUT2D eigenvalue weighted by Gasteiger charge is 2.13. The minimum Gasteiger partial charge on any atom is -0.319 e. The molecule has 0 amide bonds. The van der Waals surface area contributed by atoms with Crippen molar-refractivity contribution in [2.45, 2.75) is 12.8 Å². The highest BCUT2D eigenvalue weighted by molar-refractivity contribution is 9.10. The van der Waals surface area contributed by atoms with Crippen LogP contribution in [0.4, 0.5) is 0 Å². The lowest BCUT2D eigenvalue weighted by Crippen LogP contribution is -1.99. The molecule has 1 aliphatic rings. The Morgan fingerprint density at radius 1 is 1.31 bits per heavy atom. The van der Waals surface area contributed by atoms with Gasteiger partial charge in [0.2, 0.25) is 0 Å². The van der Waals surface area contributed by atoms with Crippen molar-refractivity contribution >= 4 is 33.0 Å². The van der Waals surface area contributed by atoms with Gasteiger partial charge in [-0.15, -0.1) is 0 Å². The quantitative estimate of drug-likeness (QED) is 0.719. The molecule has 0 radical (unpaired) electrons. The molecule has 0 unspecified atom stereocenters. The third-order valence-electron chi connectivity index (χ3n) is 2.92. The van der Waals surface area contributed by atoms with Crippen LogP contribution in [0.2, 0.25) is 0 Å². The van der Waals surface area contributed by atoms with Crippen LogP contribution in [-0.4, -0.2) is 4.57 Å². The van der Waals surface area contributed by atoms with E-state index in [2.05, 4.69) is 51.0 Å². The van der Waals surface area contributed by atoms with Crippen LogP contribution < -0.4 is 0 Å². The van der Waals surface area contributed by atoms with Crippen molar-refractivity contribution in [3.8, 4) is 6.07 Å². The summed E-state index contributed by atoms with van der Waals surface area (Å²) < 4.78 is 3.09. The Balaban J connectivity index is 2.46. The Labute approximate surface area is 102 Å².